The fraction of sp³-hybridized carbons (Fsp3) is 0.875. The van der Waals surface area contributed by atoms with Gasteiger partial charge in [0.25, 0.3) is 0 Å². The van der Waals surface area contributed by atoms with Gasteiger partial charge in [-0.2, -0.15) is 4.31 Å². The molecule has 0 aromatic heterocycles. The minimum Gasteiger partial charge on any atom is -0.392 e. The molecule has 0 radical (unpaired) electrons. The van der Waals surface area contributed by atoms with Crippen LogP contribution in [-0.4, -0.2) is 47.3 Å². The number of rotatable bonds is 4. The number of sulfonamides is 1. The van der Waals surface area contributed by atoms with Crippen LogP contribution in [0.15, 0.2) is 0 Å². The summed E-state index contributed by atoms with van der Waals surface area (Å²) in [5.41, 5.74) is 5.40. The van der Waals surface area contributed by atoms with Crippen LogP contribution in [0.3, 0.4) is 0 Å². The Morgan fingerprint density at radius 2 is 2.33 bits per heavy atom. The number of nitrogens with zero attached hydrogens (tertiary/aromatic N) is 1. The minimum atomic E-state index is -3.48. The Labute approximate surface area is 95.3 Å². The van der Waals surface area contributed by atoms with Crippen LogP contribution in [0.4, 0.5) is 0 Å². The van der Waals surface area contributed by atoms with E-state index in [1.165, 1.54) is 4.31 Å². The molecule has 15 heavy (non-hydrogen) atoms. The third kappa shape index (κ3) is 2.66. The lowest BCUT2D eigenvalue weighted by Gasteiger charge is -2.22. The molecule has 5 nitrogen and oxygen atoms in total. The fourth-order valence-corrected chi connectivity index (χ4v) is 4.03. The summed E-state index contributed by atoms with van der Waals surface area (Å²) in [4.78, 5) is -0.00103. The average Bonchev–Trinajstić information content (AvgIpc) is 2.52. The molecule has 0 aromatic carbocycles. The number of β-amino-alcohol motifs (C(OH)–C–C–N with tert-alkyl or cyclic N) is 1. The summed E-state index contributed by atoms with van der Waals surface area (Å²) in [6.45, 7) is 2.23. The second-order valence-electron chi connectivity index (χ2n) is 3.64. The van der Waals surface area contributed by atoms with Crippen molar-refractivity contribution in [3.8, 4) is 0 Å². The lowest BCUT2D eigenvalue weighted by Crippen LogP contribution is -2.43. The molecule has 0 saturated carbocycles. The molecule has 7 heteroatoms. The fourth-order valence-electron chi connectivity index (χ4n) is 1.68. The van der Waals surface area contributed by atoms with Crippen molar-refractivity contribution in [2.45, 2.75) is 31.1 Å². The van der Waals surface area contributed by atoms with Crippen LogP contribution in [0.5, 0.6) is 0 Å². The van der Waals surface area contributed by atoms with Gasteiger partial charge in [0.1, 0.15) is 5.25 Å². The number of aliphatic hydroxyl groups is 1. The van der Waals surface area contributed by atoms with Crippen LogP contribution in [0, 0.1) is 0 Å². The third-order valence-electron chi connectivity index (χ3n) is 2.53. The van der Waals surface area contributed by atoms with Crippen molar-refractivity contribution >= 4 is 27.2 Å². The Hall–Kier alpha value is -0.240. The highest BCUT2D eigenvalue weighted by Gasteiger charge is 2.36. The topological polar surface area (TPSA) is 83.6 Å². The smallest absolute Gasteiger partial charge is 0.223 e. The molecule has 2 atom stereocenters. The van der Waals surface area contributed by atoms with E-state index in [9.17, 15) is 13.5 Å². The zero-order valence-electron chi connectivity index (χ0n) is 8.59. The first kappa shape index (κ1) is 12.8. The summed E-state index contributed by atoms with van der Waals surface area (Å²) in [6.07, 6.45) is 0.278. The SMILES string of the molecule is CCC(C(N)=S)S(=O)(=O)N1CCC(O)C1. The van der Waals surface area contributed by atoms with E-state index >= 15 is 0 Å². The van der Waals surface area contributed by atoms with E-state index in [4.69, 9.17) is 18.0 Å². The second kappa shape index (κ2) is 4.73. The van der Waals surface area contributed by atoms with Gasteiger partial charge in [-0.1, -0.05) is 19.1 Å². The van der Waals surface area contributed by atoms with Crippen molar-refractivity contribution in [3.05, 3.63) is 0 Å². The zero-order chi connectivity index (χ0) is 11.6. The first-order chi connectivity index (χ1) is 6.89. The molecule has 1 saturated heterocycles. The zero-order valence-corrected chi connectivity index (χ0v) is 10.2. The molecule has 1 aliphatic rings. The number of aliphatic hydroxyl groups excluding tert-OH is 1. The Kier molecular flexibility index (Phi) is 4.05. The first-order valence-electron chi connectivity index (χ1n) is 4.86. The number of hydrogen-bond acceptors (Lipinski definition) is 4. The van der Waals surface area contributed by atoms with Crippen LogP contribution >= 0.6 is 12.2 Å². The van der Waals surface area contributed by atoms with Crippen molar-refractivity contribution in [1.29, 1.82) is 0 Å². The second-order valence-corrected chi connectivity index (χ2v) is 6.23. The Morgan fingerprint density at radius 3 is 2.67 bits per heavy atom. The van der Waals surface area contributed by atoms with Gasteiger partial charge in [-0.15, -0.1) is 0 Å². The highest BCUT2D eigenvalue weighted by Crippen LogP contribution is 2.19. The van der Waals surface area contributed by atoms with Crippen LogP contribution in [-0.2, 0) is 10.0 Å². The Morgan fingerprint density at radius 1 is 1.73 bits per heavy atom. The number of hydrogen-bond donors (Lipinski definition) is 2. The molecule has 1 heterocycles. The van der Waals surface area contributed by atoms with Gasteiger partial charge in [0.15, 0.2) is 0 Å². The predicted octanol–water partition coefficient (Wildman–Crippen LogP) is -0.552. The van der Waals surface area contributed by atoms with E-state index in [2.05, 4.69) is 0 Å². The van der Waals surface area contributed by atoms with Crippen molar-refractivity contribution in [3.63, 3.8) is 0 Å². The van der Waals surface area contributed by atoms with E-state index in [0.717, 1.165) is 0 Å². The molecule has 1 rings (SSSR count). The van der Waals surface area contributed by atoms with Crippen molar-refractivity contribution in [2.24, 2.45) is 5.73 Å². The molecular formula is C8H16N2O3S2. The predicted molar refractivity (Wildman–Crippen MR) is 62.0 cm³/mol. The summed E-state index contributed by atoms with van der Waals surface area (Å²) < 4.78 is 25.3. The normalized spacial score (nSPS) is 25.3. The van der Waals surface area contributed by atoms with Crippen LogP contribution in [0.2, 0.25) is 0 Å². The van der Waals surface area contributed by atoms with Crippen LogP contribution < -0.4 is 5.73 Å². The Balaban J connectivity index is 2.86. The molecule has 0 amide bonds. The largest absolute Gasteiger partial charge is 0.392 e. The van der Waals surface area contributed by atoms with Crippen molar-refractivity contribution < 1.29 is 13.5 Å². The van der Waals surface area contributed by atoms with Gasteiger partial charge in [0.2, 0.25) is 10.0 Å². The maximum Gasteiger partial charge on any atom is 0.223 e. The summed E-state index contributed by atoms with van der Waals surface area (Å²) in [7, 11) is -3.48. The molecule has 0 aromatic rings. The summed E-state index contributed by atoms with van der Waals surface area (Å²) in [5, 5.41) is 8.48. The van der Waals surface area contributed by atoms with Crippen molar-refractivity contribution in [2.75, 3.05) is 13.1 Å². The van der Waals surface area contributed by atoms with E-state index in [-0.39, 0.29) is 11.5 Å². The average molecular weight is 252 g/mol. The summed E-state index contributed by atoms with van der Waals surface area (Å²) in [6, 6.07) is 0. The van der Waals surface area contributed by atoms with E-state index in [0.29, 0.717) is 19.4 Å². The molecule has 1 aliphatic heterocycles. The summed E-state index contributed by atoms with van der Waals surface area (Å²) in [5.74, 6) is 0. The van der Waals surface area contributed by atoms with Gasteiger partial charge in [0.05, 0.1) is 11.1 Å². The van der Waals surface area contributed by atoms with E-state index < -0.39 is 21.4 Å². The third-order valence-corrected chi connectivity index (χ3v) is 5.33. The lowest BCUT2D eigenvalue weighted by atomic mass is 10.3. The molecular weight excluding hydrogens is 236 g/mol. The molecule has 3 N–H and O–H groups in total. The molecule has 0 aliphatic carbocycles. The van der Waals surface area contributed by atoms with E-state index in [1.54, 1.807) is 6.92 Å². The quantitative estimate of drug-likeness (QED) is 0.656. The monoisotopic (exact) mass is 252 g/mol. The molecule has 0 spiro atoms. The van der Waals surface area contributed by atoms with Gasteiger partial charge in [-0.05, 0) is 12.8 Å². The minimum absolute atomic E-state index is 0.00103. The Bertz CT molecular complexity index is 342. The molecule has 88 valence electrons. The lowest BCUT2D eigenvalue weighted by molar-refractivity contribution is 0.189. The summed E-state index contributed by atoms with van der Waals surface area (Å²) >= 11 is 4.74. The van der Waals surface area contributed by atoms with Gasteiger partial charge < -0.3 is 10.8 Å². The standard InChI is InChI=1S/C8H16N2O3S2/c1-2-7(8(9)14)15(12,13)10-4-3-6(11)5-10/h6-7,11H,2-5H2,1H3,(H2,9,14). The first-order valence-corrected chi connectivity index (χ1v) is 6.77. The van der Waals surface area contributed by atoms with Gasteiger partial charge in [-0.3, -0.25) is 0 Å². The van der Waals surface area contributed by atoms with Gasteiger partial charge in [0, 0.05) is 13.1 Å². The van der Waals surface area contributed by atoms with Gasteiger partial charge >= 0.3 is 0 Å². The van der Waals surface area contributed by atoms with Crippen LogP contribution in [0.25, 0.3) is 0 Å². The highest BCUT2D eigenvalue weighted by molar-refractivity contribution is 7.92. The number of thiocarbonyl (C=S) groups is 1. The maximum atomic E-state index is 12.0. The van der Waals surface area contributed by atoms with E-state index in [1.807, 2.05) is 0 Å². The van der Waals surface area contributed by atoms with Gasteiger partial charge in [-0.25, -0.2) is 8.42 Å². The molecule has 0 bridgehead atoms. The van der Waals surface area contributed by atoms with Crippen LogP contribution in [0.1, 0.15) is 19.8 Å². The molecule has 2 unspecified atom stereocenters. The molecule has 1 fully saturated rings. The maximum absolute atomic E-state index is 12.0. The highest BCUT2D eigenvalue weighted by atomic mass is 32.2. The number of nitrogens with two attached hydrogens (primary N) is 1. The van der Waals surface area contributed by atoms with Crippen molar-refractivity contribution in [1.82, 2.24) is 4.31 Å².